The lowest BCUT2D eigenvalue weighted by Gasteiger charge is -2.26. The minimum absolute atomic E-state index is 0.0204. The van der Waals surface area contributed by atoms with E-state index in [0.29, 0.717) is 11.4 Å². The number of carbonyl (C=O) groups excluding carboxylic acids is 6. The number of nitrogens with one attached hydrogen (secondary N) is 8. The van der Waals surface area contributed by atoms with Gasteiger partial charge in [0.15, 0.2) is 0 Å². The zero-order valence-electron chi connectivity index (χ0n) is 28.7. The molecule has 0 unspecified atom stereocenters. The van der Waals surface area contributed by atoms with Gasteiger partial charge in [-0.3, -0.25) is 33.6 Å². The second-order valence-corrected chi connectivity index (χ2v) is 12.2. The van der Waals surface area contributed by atoms with Gasteiger partial charge in [0.05, 0.1) is 38.3 Å². The number of aliphatic carboxylic acids is 2. The van der Waals surface area contributed by atoms with Crippen LogP contribution in [0.25, 0.3) is 0 Å². The summed E-state index contributed by atoms with van der Waals surface area (Å²) >= 11 is 0. The fraction of sp³-hybridized carbons (Fsp3) is 0.533. The highest BCUT2D eigenvalue weighted by Crippen LogP contribution is 2.08. The predicted octanol–water partition coefficient (Wildman–Crippen LogP) is -4.60. The van der Waals surface area contributed by atoms with Gasteiger partial charge in [-0.25, -0.2) is 14.8 Å². The number of aliphatic hydroxyl groups excluding tert-OH is 1. The van der Waals surface area contributed by atoms with Crippen LogP contribution in [0.4, 0.5) is 0 Å². The van der Waals surface area contributed by atoms with E-state index < -0.39 is 103 Å². The van der Waals surface area contributed by atoms with E-state index in [1.54, 1.807) is 13.8 Å². The number of carboxylic acids is 2. The quantitative estimate of drug-likeness (QED) is 0.0542. The number of aliphatic hydroxyl groups is 1. The molecule has 0 saturated carbocycles. The van der Waals surface area contributed by atoms with Gasteiger partial charge in [-0.2, -0.15) is 0 Å². The van der Waals surface area contributed by atoms with E-state index in [0.717, 1.165) is 0 Å². The van der Waals surface area contributed by atoms with Crippen LogP contribution in [0.1, 0.15) is 45.0 Å². The molecular formula is C30H45N11O11. The first-order valence-corrected chi connectivity index (χ1v) is 16.0. The number of amides is 6. The number of imidazole rings is 2. The van der Waals surface area contributed by atoms with Crippen LogP contribution >= 0.6 is 0 Å². The molecule has 0 aromatic carbocycles. The van der Waals surface area contributed by atoms with Crippen LogP contribution in [0.5, 0.6) is 0 Å². The molecule has 0 fully saturated rings. The van der Waals surface area contributed by atoms with Gasteiger partial charge in [0, 0.05) is 36.6 Å². The van der Waals surface area contributed by atoms with Gasteiger partial charge in [-0.1, -0.05) is 13.8 Å². The number of rotatable bonds is 22. The predicted molar refractivity (Wildman–Crippen MR) is 177 cm³/mol. The molecule has 2 rings (SSSR count). The van der Waals surface area contributed by atoms with Crippen molar-refractivity contribution in [3.63, 3.8) is 0 Å². The average Bonchev–Trinajstić information content (AvgIpc) is 3.79. The highest BCUT2D eigenvalue weighted by Gasteiger charge is 2.32. The molecule has 22 nitrogen and oxygen atoms in total. The summed E-state index contributed by atoms with van der Waals surface area (Å²) in [6.07, 6.45) is 4.90. The Morgan fingerprint density at radius 3 is 1.79 bits per heavy atom. The fourth-order valence-electron chi connectivity index (χ4n) is 4.59. The third-order valence-corrected chi connectivity index (χ3v) is 7.29. The molecule has 6 amide bonds. The highest BCUT2D eigenvalue weighted by atomic mass is 16.4. The van der Waals surface area contributed by atoms with Crippen molar-refractivity contribution in [2.24, 2.45) is 11.7 Å². The first kappa shape index (κ1) is 42.3. The molecule has 0 aliphatic heterocycles. The average molecular weight is 736 g/mol. The van der Waals surface area contributed by atoms with Crippen molar-refractivity contribution < 1.29 is 53.7 Å². The lowest BCUT2D eigenvalue weighted by molar-refractivity contribution is -0.143. The van der Waals surface area contributed by atoms with Gasteiger partial charge in [0.2, 0.25) is 35.4 Å². The Labute approximate surface area is 296 Å². The summed E-state index contributed by atoms with van der Waals surface area (Å²) in [5, 5.41) is 41.2. The lowest BCUT2D eigenvalue weighted by Crippen LogP contribution is -2.59. The van der Waals surface area contributed by atoms with Crippen molar-refractivity contribution in [2.45, 2.75) is 82.7 Å². The molecule has 286 valence electrons. The molecule has 22 heteroatoms. The van der Waals surface area contributed by atoms with Gasteiger partial charge in [0.25, 0.3) is 0 Å². The van der Waals surface area contributed by atoms with Crippen LogP contribution in [-0.4, -0.2) is 132 Å². The van der Waals surface area contributed by atoms with Crippen molar-refractivity contribution in [1.82, 2.24) is 51.8 Å². The number of aromatic nitrogens is 4. The van der Waals surface area contributed by atoms with Crippen LogP contribution in [0.3, 0.4) is 0 Å². The molecule has 6 atom stereocenters. The van der Waals surface area contributed by atoms with Gasteiger partial charge >= 0.3 is 11.9 Å². The molecule has 0 aliphatic rings. The molecule has 2 aromatic rings. The molecule has 52 heavy (non-hydrogen) atoms. The molecule has 0 saturated heterocycles. The van der Waals surface area contributed by atoms with Gasteiger partial charge < -0.3 is 62.9 Å². The molecule has 0 radical (unpaired) electrons. The lowest BCUT2D eigenvalue weighted by atomic mass is 10.0. The molecule has 2 aromatic heterocycles. The topological polar surface area (TPSA) is 353 Å². The Morgan fingerprint density at radius 2 is 1.27 bits per heavy atom. The number of nitrogens with zero attached hydrogens (tertiary/aromatic N) is 2. The first-order chi connectivity index (χ1) is 24.5. The van der Waals surface area contributed by atoms with E-state index in [2.05, 4.69) is 46.5 Å². The van der Waals surface area contributed by atoms with E-state index >= 15 is 0 Å². The third kappa shape index (κ3) is 14.5. The van der Waals surface area contributed by atoms with Crippen LogP contribution < -0.4 is 37.6 Å². The zero-order valence-corrected chi connectivity index (χ0v) is 28.7. The van der Waals surface area contributed by atoms with E-state index in [-0.39, 0.29) is 25.2 Å². The maximum Gasteiger partial charge on any atom is 0.328 e. The second kappa shape index (κ2) is 20.7. The Hall–Kier alpha value is -5.90. The molecular weight excluding hydrogens is 690 g/mol. The fourth-order valence-corrected chi connectivity index (χ4v) is 4.59. The number of aromatic amines is 2. The van der Waals surface area contributed by atoms with Gasteiger partial charge in [-0.05, 0) is 19.3 Å². The van der Waals surface area contributed by atoms with Gasteiger partial charge in [-0.15, -0.1) is 0 Å². The summed E-state index contributed by atoms with van der Waals surface area (Å²) < 4.78 is 0. The largest absolute Gasteiger partial charge is 0.481 e. The Bertz CT molecular complexity index is 1530. The highest BCUT2D eigenvalue weighted by molar-refractivity contribution is 5.97. The SMILES string of the molecule is CC(C)C[C@H](NC(=O)[C@H](C)NC(=O)[C@H](Cc1cnc[nH]1)NC(=O)[C@@H](N)Cc1cnc[nH]1)C(=O)N[C@@H](CC(=O)O)C(=O)NCC(=O)N[C@@H](CO)C(=O)O. The summed E-state index contributed by atoms with van der Waals surface area (Å²) in [7, 11) is 0. The van der Waals surface area contributed by atoms with E-state index in [9.17, 15) is 43.5 Å². The minimum atomic E-state index is -1.72. The number of nitrogens with two attached hydrogens (primary N) is 1. The summed E-state index contributed by atoms with van der Waals surface area (Å²) in [6, 6.07) is -8.21. The maximum atomic E-state index is 13.4. The van der Waals surface area contributed by atoms with Crippen molar-refractivity contribution in [2.75, 3.05) is 13.2 Å². The van der Waals surface area contributed by atoms with Crippen LogP contribution in [-0.2, 0) is 51.2 Å². The normalized spacial score (nSPS) is 14.4. The molecule has 2 heterocycles. The van der Waals surface area contributed by atoms with Crippen molar-refractivity contribution >= 4 is 47.4 Å². The van der Waals surface area contributed by atoms with E-state index in [4.69, 9.17) is 15.9 Å². The minimum Gasteiger partial charge on any atom is -0.481 e. The van der Waals surface area contributed by atoms with Crippen molar-refractivity contribution in [1.29, 1.82) is 0 Å². The van der Waals surface area contributed by atoms with Crippen LogP contribution in [0, 0.1) is 5.92 Å². The molecule has 0 bridgehead atoms. The van der Waals surface area contributed by atoms with Gasteiger partial charge in [0.1, 0.15) is 30.2 Å². The monoisotopic (exact) mass is 735 g/mol. The summed E-state index contributed by atoms with van der Waals surface area (Å²) in [4.78, 5) is 114. The smallest absolute Gasteiger partial charge is 0.328 e. The molecule has 13 N–H and O–H groups in total. The number of H-pyrrole nitrogens is 2. The number of carbonyl (C=O) groups is 8. The van der Waals surface area contributed by atoms with E-state index in [1.165, 1.54) is 32.0 Å². The molecule has 0 spiro atoms. The summed E-state index contributed by atoms with van der Waals surface area (Å²) in [5.41, 5.74) is 7.11. The zero-order chi connectivity index (χ0) is 39.0. The van der Waals surface area contributed by atoms with Crippen LogP contribution in [0.15, 0.2) is 25.0 Å². The van der Waals surface area contributed by atoms with Crippen LogP contribution in [0.2, 0.25) is 0 Å². The number of carboxylic acid groups (broad SMARTS) is 2. The number of hydrogen-bond acceptors (Lipinski definition) is 12. The second-order valence-electron chi connectivity index (χ2n) is 12.2. The van der Waals surface area contributed by atoms with E-state index in [1.807, 2.05) is 5.32 Å². The first-order valence-electron chi connectivity index (χ1n) is 16.0. The Balaban J connectivity index is 2.10. The maximum absolute atomic E-state index is 13.4. The summed E-state index contributed by atoms with van der Waals surface area (Å²) in [5.74, 6) is -8.55. The van der Waals surface area contributed by atoms with Crippen molar-refractivity contribution in [3.05, 3.63) is 36.4 Å². The molecule has 0 aliphatic carbocycles. The number of hydrogen-bond donors (Lipinski definition) is 12. The standard InChI is InChI=1S/C30H45N11O11/c1-14(2)4-19(29(50)41-21(7-24(44)45)27(48)34-10-23(43)38-22(11-42)30(51)52)39-25(46)15(3)37-28(49)20(6-17-9-33-13-36-17)40-26(47)18(31)5-16-8-32-12-35-16/h8-9,12-15,18-22,42H,4-7,10-11,31H2,1-3H3,(H,32,35)(H,33,36)(H,34,48)(H,37,49)(H,38,43)(H,39,46)(H,40,47)(H,41,50)(H,44,45)(H,51,52)/t15-,18-,19-,20-,21-,22-/m0/s1. The summed E-state index contributed by atoms with van der Waals surface area (Å²) in [6.45, 7) is 3.05. The Kier molecular flexibility index (Phi) is 16.8. The third-order valence-electron chi connectivity index (χ3n) is 7.29. The Morgan fingerprint density at radius 1 is 0.712 bits per heavy atom. The van der Waals surface area contributed by atoms with Crippen molar-refractivity contribution in [3.8, 4) is 0 Å².